The van der Waals surface area contributed by atoms with Gasteiger partial charge in [0.1, 0.15) is 0 Å². The lowest BCUT2D eigenvalue weighted by atomic mass is 9.45. The van der Waals surface area contributed by atoms with Gasteiger partial charge in [0.15, 0.2) is 5.78 Å². The van der Waals surface area contributed by atoms with Crippen molar-refractivity contribution in [3.05, 3.63) is 29.6 Å². The topological polar surface area (TPSA) is 32.9 Å². The Morgan fingerprint density at radius 2 is 1.96 bits per heavy atom. The SMILES string of the molecule is CC12CCC3C(CCC4CCCCC43C)C1C/C(=C\c1ccc[nH]1)C2=O. The first-order chi connectivity index (χ1) is 12.5. The smallest absolute Gasteiger partial charge is 0.165 e. The second-order valence-electron chi connectivity index (χ2n) is 10.2. The van der Waals surface area contributed by atoms with E-state index < -0.39 is 0 Å². The molecule has 1 aromatic heterocycles. The first-order valence-electron chi connectivity index (χ1n) is 10.9. The molecular weight excluding hydrogens is 318 g/mol. The van der Waals surface area contributed by atoms with Crippen molar-refractivity contribution >= 4 is 11.9 Å². The highest BCUT2D eigenvalue weighted by atomic mass is 16.1. The van der Waals surface area contributed by atoms with Crippen molar-refractivity contribution in [1.82, 2.24) is 4.98 Å². The molecule has 5 rings (SSSR count). The largest absolute Gasteiger partial charge is 0.362 e. The van der Waals surface area contributed by atoms with Crippen LogP contribution >= 0.6 is 0 Å². The highest BCUT2D eigenvalue weighted by Crippen LogP contribution is 2.66. The van der Waals surface area contributed by atoms with E-state index in [1.165, 1.54) is 44.9 Å². The highest BCUT2D eigenvalue weighted by molar-refractivity contribution is 6.05. The second kappa shape index (κ2) is 5.84. The summed E-state index contributed by atoms with van der Waals surface area (Å²) in [5.41, 5.74) is 2.61. The third kappa shape index (κ3) is 2.26. The molecule has 2 heteroatoms. The van der Waals surface area contributed by atoms with E-state index in [1.807, 2.05) is 12.3 Å². The van der Waals surface area contributed by atoms with Crippen LogP contribution in [0.15, 0.2) is 23.9 Å². The first-order valence-corrected chi connectivity index (χ1v) is 10.9. The Labute approximate surface area is 157 Å². The fraction of sp³-hybridized carbons (Fsp3) is 0.708. The van der Waals surface area contributed by atoms with E-state index in [0.29, 0.717) is 17.1 Å². The molecule has 2 nitrogen and oxygen atoms in total. The van der Waals surface area contributed by atoms with Gasteiger partial charge in [-0.25, -0.2) is 0 Å². The maximum absolute atomic E-state index is 13.3. The second-order valence-corrected chi connectivity index (χ2v) is 10.2. The summed E-state index contributed by atoms with van der Waals surface area (Å²) in [6.07, 6.45) is 16.0. The number of allylic oxidation sites excluding steroid dienone is 1. The van der Waals surface area contributed by atoms with Crippen molar-refractivity contribution in [2.24, 2.45) is 34.5 Å². The van der Waals surface area contributed by atoms with Gasteiger partial charge in [-0.2, -0.15) is 0 Å². The molecule has 0 aliphatic heterocycles. The molecule has 1 heterocycles. The molecule has 0 bridgehead atoms. The van der Waals surface area contributed by atoms with Crippen molar-refractivity contribution < 1.29 is 4.79 Å². The van der Waals surface area contributed by atoms with Gasteiger partial charge in [-0.3, -0.25) is 4.79 Å². The van der Waals surface area contributed by atoms with Gasteiger partial charge in [-0.1, -0.05) is 26.7 Å². The third-order valence-electron chi connectivity index (χ3n) is 9.17. The van der Waals surface area contributed by atoms with Gasteiger partial charge in [0.25, 0.3) is 0 Å². The quantitative estimate of drug-likeness (QED) is 0.617. The number of aromatic amines is 1. The predicted molar refractivity (Wildman–Crippen MR) is 106 cm³/mol. The Morgan fingerprint density at radius 1 is 1.08 bits per heavy atom. The van der Waals surface area contributed by atoms with Gasteiger partial charge in [0, 0.05) is 17.3 Å². The van der Waals surface area contributed by atoms with E-state index in [1.54, 1.807) is 0 Å². The average Bonchev–Trinajstić information content (AvgIpc) is 3.23. The lowest BCUT2D eigenvalue weighted by Gasteiger charge is -2.59. The van der Waals surface area contributed by atoms with Crippen LogP contribution in [-0.4, -0.2) is 10.8 Å². The zero-order valence-corrected chi connectivity index (χ0v) is 16.4. The Balaban J connectivity index is 1.47. The van der Waals surface area contributed by atoms with E-state index in [2.05, 4.69) is 31.0 Å². The van der Waals surface area contributed by atoms with Crippen LogP contribution < -0.4 is 0 Å². The Morgan fingerprint density at radius 3 is 2.77 bits per heavy atom. The number of hydrogen-bond acceptors (Lipinski definition) is 1. The highest BCUT2D eigenvalue weighted by Gasteiger charge is 2.60. The lowest BCUT2D eigenvalue weighted by Crippen LogP contribution is -2.52. The molecule has 6 atom stereocenters. The summed E-state index contributed by atoms with van der Waals surface area (Å²) in [7, 11) is 0. The van der Waals surface area contributed by atoms with Crippen LogP contribution in [0, 0.1) is 34.5 Å². The number of carbonyl (C=O) groups is 1. The standard InChI is InChI=1S/C24H33NO/c1-23-11-4-3-6-17(23)8-9-19-20(23)10-12-24(2)21(19)15-16(22(24)26)14-18-7-5-13-25-18/h5,7,13-14,17,19-21,25H,3-4,6,8-12,15H2,1-2H3/b16-14+. The fourth-order valence-corrected chi connectivity index (χ4v) is 7.72. The molecule has 0 amide bonds. The molecule has 0 spiro atoms. The summed E-state index contributed by atoms with van der Waals surface area (Å²) in [5, 5.41) is 0. The van der Waals surface area contributed by atoms with Crippen LogP contribution in [-0.2, 0) is 4.79 Å². The molecule has 6 unspecified atom stereocenters. The molecule has 4 aliphatic rings. The molecule has 0 saturated heterocycles. The number of H-pyrrole nitrogens is 1. The van der Waals surface area contributed by atoms with E-state index in [9.17, 15) is 4.79 Å². The molecule has 140 valence electrons. The summed E-state index contributed by atoms with van der Waals surface area (Å²) >= 11 is 0. The summed E-state index contributed by atoms with van der Waals surface area (Å²) in [5.74, 6) is 3.61. The van der Waals surface area contributed by atoms with Gasteiger partial charge >= 0.3 is 0 Å². The summed E-state index contributed by atoms with van der Waals surface area (Å²) in [6, 6.07) is 4.09. The van der Waals surface area contributed by atoms with E-state index in [0.717, 1.165) is 41.9 Å². The molecule has 4 saturated carbocycles. The Hall–Kier alpha value is -1.31. The van der Waals surface area contributed by atoms with E-state index >= 15 is 0 Å². The van der Waals surface area contributed by atoms with E-state index in [-0.39, 0.29) is 5.41 Å². The minimum Gasteiger partial charge on any atom is -0.362 e. The predicted octanol–water partition coefficient (Wildman–Crippen LogP) is 6.01. The van der Waals surface area contributed by atoms with Crippen LogP contribution in [0.3, 0.4) is 0 Å². The number of aromatic nitrogens is 1. The number of hydrogen-bond donors (Lipinski definition) is 1. The number of carbonyl (C=O) groups excluding carboxylic acids is 1. The summed E-state index contributed by atoms with van der Waals surface area (Å²) in [4.78, 5) is 16.6. The van der Waals surface area contributed by atoms with E-state index in [4.69, 9.17) is 0 Å². The number of ketones is 1. The normalized spacial score (nSPS) is 46.7. The molecule has 26 heavy (non-hydrogen) atoms. The number of fused-ring (bicyclic) bond motifs is 5. The van der Waals surface area contributed by atoms with Crippen molar-refractivity contribution in [3.63, 3.8) is 0 Å². The monoisotopic (exact) mass is 351 g/mol. The average molecular weight is 352 g/mol. The number of rotatable bonds is 1. The lowest BCUT2D eigenvalue weighted by molar-refractivity contribution is -0.137. The summed E-state index contributed by atoms with van der Waals surface area (Å²) < 4.78 is 0. The van der Waals surface area contributed by atoms with Crippen LogP contribution in [0.2, 0.25) is 0 Å². The third-order valence-corrected chi connectivity index (χ3v) is 9.17. The number of nitrogens with one attached hydrogen (secondary N) is 1. The van der Waals surface area contributed by atoms with Crippen molar-refractivity contribution in [3.8, 4) is 0 Å². The maximum Gasteiger partial charge on any atom is 0.165 e. The molecule has 0 radical (unpaired) electrons. The van der Waals surface area contributed by atoms with Gasteiger partial charge < -0.3 is 4.98 Å². The van der Waals surface area contributed by atoms with Gasteiger partial charge in [-0.05, 0) is 97.8 Å². The molecule has 4 fully saturated rings. The molecule has 4 aliphatic carbocycles. The van der Waals surface area contributed by atoms with Crippen LogP contribution in [0.1, 0.15) is 77.3 Å². The van der Waals surface area contributed by atoms with Gasteiger partial charge in [0.2, 0.25) is 0 Å². The zero-order valence-electron chi connectivity index (χ0n) is 16.4. The minimum absolute atomic E-state index is 0.0997. The Bertz CT molecular complexity index is 731. The summed E-state index contributed by atoms with van der Waals surface area (Å²) in [6.45, 7) is 4.91. The molecule has 1 aromatic rings. The van der Waals surface area contributed by atoms with Crippen molar-refractivity contribution in [1.29, 1.82) is 0 Å². The molecule has 0 aromatic carbocycles. The maximum atomic E-state index is 13.3. The fourth-order valence-electron chi connectivity index (χ4n) is 7.72. The first kappa shape index (κ1) is 16.8. The van der Waals surface area contributed by atoms with Crippen LogP contribution in [0.4, 0.5) is 0 Å². The van der Waals surface area contributed by atoms with Crippen LogP contribution in [0.25, 0.3) is 6.08 Å². The number of Topliss-reactive ketones (excluding diaryl/α,β-unsaturated/α-hetero) is 1. The van der Waals surface area contributed by atoms with Gasteiger partial charge in [0.05, 0.1) is 0 Å². The molecular formula is C24H33NO. The van der Waals surface area contributed by atoms with Crippen LogP contribution in [0.5, 0.6) is 0 Å². The molecule has 1 N–H and O–H groups in total. The minimum atomic E-state index is -0.0997. The van der Waals surface area contributed by atoms with Gasteiger partial charge in [-0.15, -0.1) is 0 Å². The van der Waals surface area contributed by atoms with Crippen molar-refractivity contribution in [2.45, 2.75) is 71.6 Å². The van der Waals surface area contributed by atoms with Crippen molar-refractivity contribution in [2.75, 3.05) is 0 Å². The zero-order chi connectivity index (χ0) is 17.9. The Kier molecular flexibility index (Phi) is 3.78.